The van der Waals surface area contributed by atoms with Crippen molar-refractivity contribution in [3.63, 3.8) is 0 Å². The Morgan fingerprint density at radius 2 is 2.06 bits per heavy atom. The van der Waals surface area contributed by atoms with E-state index in [2.05, 4.69) is 9.82 Å². The van der Waals surface area contributed by atoms with Crippen LogP contribution in [-0.4, -0.2) is 28.4 Å². The summed E-state index contributed by atoms with van der Waals surface area (Å²) in [4.78, 5) is 51.4. The van der Waals surface area contributed by atoms with E-state index in [-0.39, 0.29) is 5.69 Å². The molecular formula is C7H8N4O5. The molecule has 1 aromatic rings. The van der Waals surface area contributed by atoms with Crippen molar-refractivity contribution in [2.24, 2.45) is 5.73 Å². The molecule has 2 amide bonds. The third kappa shape index (κ3) is 3.38. The van der Waals surface area contributed by atoms with E-state index in [1.807, 2.05) is 10.5 Å². The number of hydroxylamine groups is 1. The van der Waals surface area contributed by atoms with Gasteiger partial charge in [-0.15, -0.1) is 0 Å². The van der Waals surface area contributed by atoms with Crippen molar-refractivity contribution >= 4 is 11.8 Å². The smallest absolute Gasteiger partial charge is 0.326 e. The lowest BCUT2D eigenvalue weighted by Gasteiger charge is -2.02. The lowest BCUT2D eigenvalue weighted by atomic mass is 10.4. The van der Waals surface area contributed by atoms with Gasteiger partial charge in [-0.3, -0.25) is 24.2 Å². The van der Waals surface area contributed by atoms with E-state index in [0.717, 1.165) is 6.07 Å². The standard InChI is InChI=1S/C7H8N4O5/c8-4(12)2-16-11-6(14)3-1-5(13)10-7(15)9-3/h1H,2H2,(H2,8,12)(H,11,14)(H2,9,10,13,15). The number of aromatic amines is 2. The van der Waals surface area contributed by atoms with Crippen LogP contribution in [0, 0.1) is 0 Å². The van der Waals surface area contributed by atoms with Gasteiger partial charge in [-0.05, 0) is 0 Å². The summed E-state index contributed by atoms with van der Waals surface area (Å²) in [5.74, 6) is -1.65. The van der Waals surface area contributed by atoms with Gasteiger partial charge in [0.25, 0.3) is 11.5 Å². The Morgan fingerprint density at radius 1 is 1.38 bits per heavy atom. The summed E-state index contributed by atoms with van der Waals surface area (Å²) in [6.45, 7) is -0.515. The molecule has 0 saturated heterocycles. The summed E-state index contributed by atoms with van der Waals surface area (Å²) in [6, 6.07) is 0.865. The van der Waals surface area contributed by atoms with Crippen LogP contribution in [0.25, 0.3) is 0 Å². The quantitative estimate of drug-likeness (QED) is 0.411. The number of rotatable bonds is 4. The molecule has 0 bridgehead atoms. The lowest BCUT2D eigenvalue weighted by Crippen LogP contribution is -2.33. The van der Waals surface area contributed by atoms with Crippen LogP contribution in [0.2, 0.25) is 0 Å². The first kappa shape index (κ1) is 11.7. The number of nitrogens with two attached hydrogens (primary N) is 1. The molecule has 0 unspecified atom stereocenters. The zero-order chi connectivity index (χ0) is 12.1. The van der Waals surface area contributed by atoms with Gasteiger partial charge >= 0.3 is 5.69 Å². The van der Waals surface area contributed by atoms with E-state index < -0.39 is 29.7 Å². The van der Waals surface area contributed by atoms with Gasteiger partial charge in [-0.1, -0.05) is 0 Å². The molecule has 0 aliphatic rings. The molecule has 0 fully saturated rings. The minimum Gasteiger partial charge on any atom is -0.368 e. The third-order valence-corrected chi connectivity index (χ3v) is 1.38. The summed E-state index contributed by atoms with van der Waals surface area (Å²) < 4.78 is 0. The molecular weight excluding hydrogens is 220 g/mol. The molecule has 1 heterocycles. The zero-order valence-electron chi connectivity index (χ0n) is 7.90. The number of hydrogen-bond acceptors (Lipinski definition) is 5. The summed E-state index contributed by atoms with van der Waals surface area (Å²) in [6.07, 6.45) is 0. The normalized spacial score (nSPS) is 9.75. The maximum atomic E-state index is 11.2. The van der Waals surface area contributed by atoms with Crippen LogP contribution in [0.3, 0.4) is 0 Å². The van der Waals surface area contributed by atoms with E-state index in [1.165, 1.54) is 0 Å². The Labute approximate surface area is 87.6 Å². The highest BCUT2D eigenvalue weighted by Crippen LogP contribution is 1.84. The molecule has 1 aromatic heterocycles. The van der Waals surface area contributed by atoms with Crippen LogP contribution in [0.4, 0.5) is 0 Å². The van der Waals surface area contributed by atoms with E-state index in [1.54, 1.807) is 0 Å². The molecule has 0 aromatic carbocycles. The highest BCUT2D eigenvalue weighted by Gasteiger charge is 2.08. The van der Waals surface area contributed by atoms with Crippen LogP contribution < -0.4 is 22.5 Å². The molecule has 0 radical (unpaired) electrons. The van der Waals surface area contributed by atoms with Gasteiger partial charge in [-0.2, -0.15) is 0 Å². The molecule has 9 heteroatoms. The summed E-state index contributed by atoms with van der Waals surface area (Å²) >= 11 is 0. The van der Waals surface area contributed by atoms with Crippen LogP contribution >= 0.6 is 0 Å². The number of carbonyl (C=O) groups is 2. The van der Waals surface area contributed by atoms with E-state index in [4.69, 9.17) is 5.73 Å². The molecule has 5 N–H and O–H groups in total. The first-order valence-corrected chi connectivity index (χ1v) is 4.03. The Bertz CT molecular complexity index is 488. The molecule has 0 aliphatic heterocycles. The second-order valence-electron chi connectivity index (χ2n) is 2.69. The predicted octanol–water partition coefficient (Wildman–Crippen LogP) is -2.79. The van der Waals surface area contributed by atoms with Gasteiger partial charge in [0.15, 0.2) is 6.61 Å². The number of H-pyrrole nitrogens is 2. The molecule has 1 rings (SSSR count). The monoisotopic (exact) mass is 228 g/mol. The van der Waals surface area contributed by atoms with Crippen LogP contribution in [-0.2, 0) is 9.63 Å². The average Bonchev–Trinajstić information content (AvgIpc) is 2.15. The Kier molecular flexibility index (Phi) is 3.56. The van der Waals surface area contributed by atoms with Crippen LogP contribution in [0.5, 0.6) is 0 Å². The second-order valence-corrected chi connectivity index (χ2v) is 2.69. The fourth-order valence-electron chi connectivity index (χ4n) is 0.819. The zero-order valence-corrected chi connectivity index (χ0v) is 7.90. The van der Waals surface area contributed by atoms with Crippen molar-refractivity contribution in [3.8, 4) is 0 Å². The van der Waals surface area contributed by atoms with Crippen molar-refractivity contribution < 1.29 is 14.4 Å². The maximum absolute atomic E-state index is 11.2. The largest absolute Gasteiger partial charge is 0.368 e. The number of nitrogens with one attached hydrogen (secondary N) is 3. The SMILES string of the molecule is NC(=O)CONC(=O)c1cc(=O)[nH]c(=O)[nH]1. The number of carbonyl (C=O) groups excluding carboxylic acids is 2. The maximum Gasteiger partial charge on any atom is 0.326 e. The van der Waals surface area contributed by atoms with Crippen LogP contribution in [0.15, 0.2) is 15.7 Å². The molecule has 16 heavy (non-hydrogen) atoms. The van der Waals surface area contributed by atoms with Gasteiger partial charge in [-0.25, -0.2) is 10.3 Å². The fraction of sp³-hybridized carbons (Fsp3) is 0.143. The first-order valence-electron chi connectivity index (χ1n) is 4.03. The topological polar surface area (TPSA) is 147 Å². The molecule has 9 nitrogen and oxygen atoms in total. The summed E-state index contributed by atoms with van der Waals surface area (Å²) in [5, 5.41) is 0. The molecule has 0 atom stereocenters. The van der Waals surface area contributed by atoms with Crippen molar-refractivity contribution in [1.82, 2.24) is 15.4 Å². The van der Waals surface area contributed by atoms with E-state index >= 15 is 0 Å². The minimum atomic E-state index is -0.871. The van der Waals surface area contributed by atoms with Gasteiger partial charge < -0.3 is 10.7 Å². The molecule has 86 valence electrons. The first-order chi connectivity index (χ1) is 7.49. The Morgan fingerprint density at radius 3 is 2.62 bits per heavy atom. The Hall–Kier alpha value is -2.42. The highest BCUT2D eigenvalue weighted by atomic mass is 16.7. The molecule has 0 aliphatic carbocycles. The molecule has 0 spiro atoms. The van der Waals surface area contributed by atoms with Gasteiger partial charge in [0.2, 0.25) is 5.91 Å². The van der Waals surface area contributed by atoms with Gasteiger partial charge in [0, 0.05) is 6.07 Å². The number of hydrogen-bond donors (Lipinski definition) is 4. The van der Waals surface area contributed by atoms with E-state index in [0.29, 0.717) is 0 Å². The number of primary amides is 1. The van der Waals surface area contributed by atoms with Gasteiger partial charge in [0.1, 0.15) is 5.69 Å². The summed E-state index contributed by atoms with van der Waals surface area (Å²) in [5.41, 5.74) is 4.71. The fourth-order valence-corrected chi connectivity index (χ4v) is 0.819. The number of amides is 2. The number of aromatic nitrogens is 2. The second kappa shape index (κ2) is 4.89. The van der Waals surface area contributed by atoms with Crippen molar-refractivity contribution in [3.05, 3.63) is 32.6 Å². The van der Waals surface area contributed by atoms with E-state index in [9.17, 15) is 19.2 Å². The van der Waals surface area contributed by atoms with Gasteiger partial charge in [0.05, 0.1) is 0 Å². The average molecular weight is 228 g/mol. The van der Waals surface area contributed by atoms with Crippen molar-refractivity contribution in [2.75, 3.05) is 6.61 Å². The van der Waals surface area contributed by atoms with Crippen molar-refractivity contribution in [2.45, 2.75) is 0 Å². The molecule has 0 saturated carbocycles. The third-order valence-electron chi connectivity index (χ3n) is 1.38. The predicted molar refractivity (Wildman–Crippen MR) is 50.3 cm³/mol. The Balaban J connectivity index is 2.70. The van der Waals surface area contributed by atoms with Crippen molar-refractivity contribution in [1.29, 1.82) is 0 Å². The highest BCUT2D eigenvalue weighted by molar-refractivity contribution is 5.91. The van der Waals surface area contributed by atoms with Crippen LogP contribution in [0.1, 0.15) is 10.5 Å². The minimum absolute atomic E-state index is 0.293. The summed E-state index contributed by atoms with van der Waals surface area (Å²) in [7, 11) is 0. The lowest BCUT2D eigenvalue weighted by molar-refractivity contribution is -0.124.